The van der Waals surface area contributed by atoms with Crippen molar-refractivity contribution >= 4 is 27.0 Å². The number of rotatable bonds is 7. The molecular weight excluding hydrogens is 460 g/mol. The summed E-state index contributed by atoms with van der Waals surface area (Å²) in [4.78, 5) is 11.8. The van der Waals surface area contributed by atoms with Gasteiger partial charge >= 0.3 is 5.97 Å². The molecule has 34 heavy (non-hydrogen) atoms. The van der Waals surface area contributed by atoms with Crippen LogP contribution in [0.5, 0.6) is 5.75 Å². The van der Waals surface area contributed by atoms with Crippen LogP contribution in [0.25, 0.3) is 11.0 Å². The Hall–Kier alpha value is -3.02. The minimum Gasteiger partial charge on any atom is -0.494 e. The number of ether oxygens (including phenoxy) is 2. The van der Waals surface area contributed by atoms with E-state index in [1.54, 1.807) is 18.8 Å². The van der Waals surface area contributed by atoms with Crippen LogP contribution in [0, 0.1) is 6.92 Å². The summed E-state index contributed by atoms with van der Waals surface area (Å²) in [5.41, 5.74) is 4.59. The van der Waals surface area contributed by atoms with Gasteiger partial charge in [0.25, 0.3) is 0 Å². The number of carboxylic acid groups (broad SMARTS) is 1. The number of sulfonamides is 1. The number of nitrogens with zero attached hydrogens (tertiary/aromatic N) is 4. The second kappa shape index (κ2) is 9.69. The number of carbonyl (C=O) groups is 1. The normalized spacial score (nSPS) is 17.4. The van der Waals surface area contributed by atoms with Gasteiger partial charge < -0.3 is 14.6 Å². The molecule has 1 aliphatic heterocycles. The van der Waals surface area contributed by atoms with Crippen molar-refractivity contribution < 1.29 is 27.8 Å². The van der Waals surface area contributed by atoms with E-state index >= 15 is 0 Å². The quantitative estimate of drug-likeness (QED) is 0.536. The van der Waals surface area contributed by atoms with Crippen LogP contribution in [0.4, 0.5) is 0 Å². The van der Waals surface area contributed by atoms with Crippen LogP contribution >= 0.6 is 0 Å². The molecule has 0 aliphatic carbocycles. The van der Waals surface area contributed by atoms with E-state index in [4.69, 9.17) is 9.47 Å². The Kier molecular flexibility index (Phi) is 6.87. The molecule has 1 N–H and O–H groups in total. The minimum absolute atomic E-state index is 0.0503. The zero-order chi connectivity index (χ0) is 24.5. The highest BCUT2D eigenvalue weighted by Gasteiger charge is 2.26. The van der Waals surface area contributed by atoms with Gasteiger partial charge in [-0.05, 0) is 41.3 Å². The SMILES string of the molecule is COc1cc(C(CC(=O)O)c2ccc(C)c(CN3CCOCCS3(=O)=O)c2)cc2nnn(C)c12. The number of methoxy groups -OCH3 is 1. The highest BCUT2D eigenvalue weighted by molar-refractivity contribution is 7.89. The molecule has 2 aromatic carbocycles. The molecule has 0 saturated carbocycles. The van der Waals surface area contributed by atoms with Crippen LogP contribution in [-0.2, 0) is 33.1 Å². The van der Waals surface area contributed by atoms with Gasteiger partial charge in [0.1, 0.15) is 16.8 Å². The standard InChI is InChI=1S/C23H28N4O6S/c1-15-4-5-16(10-18(15)14-27-6-7-33-8-9-34(27,30)31)19(13-22(28)29)17-11-20-23(21(12-17)32-3)26(2)25-24-20/h4-5,10-12,19H,6-9,13-14H2,1-3H3,(H,28,29). The highest BCUT2D eigenvalue weighted by atomic mass is 32.2. The average molecular weight is 489 g/mol. The third-order valence-corrected chi connectivity index (χ3v) is 7.96. The van der Waals surface area contributed by atoms with Crippen LogP contribution in [0.2, 0.25) is 0 Å². The number of carboxylic acids is 1. The van der Waals surface area contributed by atoms with Crippen LogP contribution in [0.15, 0.2) is 30.3 Å². The summed E-state index contributed by atoms with van der Waals surface area (Å²) in [6, 6.07) is 9.33. The molecule has 0 radical (unpaired) electrons. The molecule has 0 bridgehead atoms. The second-order valence-corrected chi connectivity index (χ2v) is 10.5. The van der Waals surface area contributed by atoms with E-state index in [1.807, 2.05) is 37.3 Å². The average Bonchev–Trinajstić information content (AvgIpc) is 3.08. The smallest absolute Gasteiger partial charge is 0.304 e. The van der Waals surface area contributed by atoms with Crippen LogP contribution < -0.4 is 4.74 Å². The monoisotopic (exact) mass is 488 g/mol. The maximum Gasteiger partial charge on any atom is 0.304 e. The molecule has 1 atom stereocenters. The molecule has 11 heteroatoms. The lowest BCUT2D eigenvalue weighted by atomic mass is 9.86. The van der Waals surface area contributed by atoms with Gasteiger partial charge in [0.05, 0.1) is 32.5 Å². The van der Waals surface area contributed by atoms with Crippen molar-refractivity contribution in [2.24, 2.45) is 7.05 Å². The number of fused-ring (bicyclic) bond motifs is 1. The van der Waals surface area contributed by atoms with Gasteiger partial charge in [-0.3, -0.25) is 4.79 Å². The molecular formula is C23H28N4O6S. The number of hydrogen-bond donors (Lipinski definition) is 1. The molecule has 1 aliphatic rings. The maximum absolute atomic E-state index is 12.6. The summed E-state index contributed by atoms with van der Waals surface area (Å²) in [5, 5.41) is 17.9. The van der Waals surface area contributed by atoms with Gasteiger partial charge in [-0.15, -0.1) is 5.10 Å². The molecule has 1 fully saturated rings. The van der Waals surface area contributed by atoms with Crippen molar-refractivity contribution in [2.75, 3.05) is 32.6 Å². The number of benzene rings is 2. The van der Waals surface area contributed by atoms with Crippen molar-refractivity contribution in [3.8, 4) is 5.75 Å². The molecule has 10 nitrogen and oxygen atoms in total. The van der Waals surface area contributed by atoms with Crippen molar-refractivity contribution in [3.63, 3.8) is 0 Å². The first-order valence-electron chi connectivity index (χ1n) is 10.9. The summed E-state index contributed by atoms with van der Waals surface area (Å²) >= 11 is 0. The van der Waals surface area contributed by atoms with Gasteiger partial charge in [-0.25, -0.2) is 13.1 Å². The zero-order valence-corrected chi connectivity index (χ0v) is 20.2. The predicted molar refractivity (Wildman–Crippen MR) is 125 cm³/mol. The molecule has 3 aromatic rings. The fourth-order valence-electron chi connectivity index (χ4n) is 4.28. The Labute approximate surface area is 198 Å². The Morgan fingerprint density at radius 2 is 2.03 bits per heavy atom. The molecule has 182 valence electrons. The number of aromatic nitrogens is 3. The lowest BCUT2D eigenvalue weighted by Gasteiger charge is -2.22. The van der Waals surface area contributed by atoms with Crippen LogP contribution in [0.1, 0.15) is 34.6 Å². The van der Waals surface area contributed by atoms with E-state index in [2.05, 4.69) is 10.3 Å². The molecule has 1 saturated heterocycles. The van der Waals surface area contributed by atoms with Crippen LogP contribution in [0.3, 0.4) is 0 Å². The van der Waals surface area contributed by atoms with Crippen molar-refractivity contribution in [2.45, 2.75) is 25.8 Å². The van der Waals surface area contributed by atoms with E-state index < -0.39 is 21.9 Å². The Balaban J connectivity index is 1.76. The van der Waals surface area contributed by atoms with Crippen molar-refractivity contribution in [3.05, 3.63) is 52.6 Å². The van der Waals surface area contributed by atoms with E-state index in [0.29, 0.717) is 17.9 Å². The molecule has 0 spiro atoms. The largest absolute Gasteiger partial charge is 0.494 e. The Morgan fingerprint density at radius 3 is 2.76 bits per heavy atom. The first kappa shape index (κ1) is 24.1. The lowest BCUT2D eigenvalue weighted by molar-refractivity contribution is -0.137. The van der Waals surface area contributed by atoms with E-state index in [-0.39, 0.29) is 31.9 Å². The minimum atomic E-state index is -3.43. The van der Waals surface area contributed by atoms with E-state index in [1.165, 1.54) is 4.31 Å². The van der Waals surface area contributed by atoms with Gasteiger partial charge in [0.2, 0.25) is 10.0 Å². The number of aliphatic carboxylic acids is 1. The van der Waals surface area contributed by atoms with Gasteiger partial charge in [-0.2, -0.15) is 4.31 Å². The summed E-state index contributed by atoms with van der Waals surface area (Å²) in [7, 11) is -0.117. The number of aryl methyl sites for hydroxylation is 2. The highest BCUT2D eigenvalue weighted by Crippen LogP contribution is 2.35. The van der Waals surface area contributed by atoms with E-state index in [9.17, 15) is 18.3 Å². The fraction of sp³-hybridized carbons (Fsp3) is 0.435. The third kappa shape index (κ3) is 4.91. The van der Waals surface area contributed by atoms with Gasteiger partial charge in [0.15, 0.2) is 0 Å². The van der Waals surface area contributed by atoms with Crippen molar-refractivity contribution in [1.82, 2.24) is 19.3 Å². The Bertz CT molecular complexity index is 1320. The fourth-order valence-corrected chi connectivity index (χ4v) is 5.56. The first-order chi connectivity index (χ1) is 16.2. The van der Waals surface area contributed by atoms with Gasteiger partial charge in [0, 0.05) is 26.1 Å². The lowest BCUT2D eigenvalue weighted by Crippen LogP contribution is -2.33. The number of hydrogen-bond acceptors (Lipinski definition) is 7. The zero-order valence-electron chi connectivity index (χ0n) is 19.4. The summed E-state index contributed by atoms with van der Waals surface area (Å²) in [6.45, 7) is 2.94. The van der Waals surface area contributed by atoms with Crippen LogP contribution in [-0.4, -0.2) is 71.4 Å². The third-order valence-electron chi connectivity index (χ3n) is 6.17. The first-order valence-corrected chi connectivity index (χ1v) is 12.5. The van der Waals surface area contributed by atoms with Gasteiger partial charge in [-0.1, -0.05) is 23.4 Å². The second-order valence-electron chi connectivity index (χ2n) is 8.40. The molecule has 1 aromatic heterocycles. The predicted octanol–water partition coefficient (Wildman–Crippen LogP) is 2.05. The topological polar surface area (TPSA) is 124 Å². The molecule has 1 unspecified atom stereocenters. The maximum atomic E-state index is 12.6. The summed E-state index contributed by atoms with van der Waals surface area (Å²) in [5.74, 6) is -0.928. The molecule has 0 amide bonds. The summed E-state index contributed by atoms with van der Waals surface area (Å²) in [6.07, 6.45) is -0.146. The Morgan fingerprint density at radius 1 is 1.24 bits per heavy atom. The van der Waals surface area contributed by atoms with Crippen molar-refractivity contribution in [1.29, 1.82) is 0 Å². The molecule has 2 heterocycles. The molecule has 4 rings (SSSR count). The summed E-state index contributed by atoms with van der Waals surface area (Å²) < 4.78 is 39.2. The van der Waals surface area contributed by atoms with E-state index in [0.717, 1.165) is 27.8 Å².